The molecule has 9 heteroatoms. The Morgan fingerprint density at radius 2 is 2.00 bits per heavy atom. The summed E-state index contributed by atoms with van der Waals surface area (Å²) in [6, 6.07) is -0.237. The second kappa shape index (κ2) is 10.3. The van der Waals surface area contributed by atoms with Gasteiger partial charge in [-0.3, -0.25) is 10.1 Å². The Morgan fingerprint density at radius 3 is 2.54 bits per heavy atom. The van der Waals surface area contributed by atoms with Gasteiger partial charge in [0.25, 0.3) is 0 Å². The molecule has 3 N–H and O–H groups in total. The van der Waals surface area contributed by atoms with Gasteiger partial charge in [-0.05, 0) is 6.42 Å². The lowest BCUT2D eigenvalue weighted by atomic mass is 10.2. The first kappa shape index (κ1) is 20.4. The van der Waals surface area contributed by atoms with Crippen molar-refractivity contribution in [1.82, 2.24) is 25.4 Å². The minimum atomic E-state index is -0.504. The molecule has 0 aliphatic carbocycles. The second-order valence-corrected chi connectivity index (χ2v) is 6.74. The van der Waals surface area contributed by atoms with E-state index in [1.807, 2.05) is 0 Å². The predicted molar refractivity (Wildman–Crippen MR) is 94.1 cm³/mol. The van der Waals surface area contributed by atoms with E-state index in [1.165, 1.54) is 23.7 Å². The van der Waals surface area contributed by atoms with Crippen LogP contribution in [0.15, 0.2) is 5.16 Å². The van der Waals surface area contributed by atoms with Crippen LogP contribution < -0.4 is 15.5 Å². The molecule has 1 rings (SSSR count). The molecule has 8 nitrogen and oxygen atoms in total. The van der Waals surface area contributed by atoms with Crippen LogP contribution in [-0.2, 0) is 11.3 Å². The molecular weight excluding hydrogens is 328 g/mol. The zero-order chi connectivity index (χ0) is 18.1. The van der Waals surface area contributed by atoms with Crippen LogP contribution in [0.1, 0.15) is 45.0 Å². The summed E-state index contributed by atoms with van der Waals surface area (Å²) in [4.78, 5) is 24.2. The highest BCUT2D eigenvalue weighted by atomic mass is 32.2. The number of amides is 3. The Bertz CT molecular complexity index is 546. The van der Waals surface area contributed by atoms with Gasteiger partial charge in [0.05, 0.1) is 19.8 Å². The summed E-state index contributed by atoms with van der Waals surface area (Å²) in [6.45, 7) is 5.12. The molecule has 0 fully saturated rings. The maximum Gasteiger partial charge on any atom is 0.321 e. The van der Waals surface area contributed by atoms with Gasteiger partial charge in [-0.1, -0.05) is 32.0 Å². The number of hydrogen-bond donors (Lipinski definition) is 3. The van der Waals surface area contributed by atoms with Gasteiger partial charge in [-0.15, -0.1) is 10.2 Å². The molecular formula is C15H29N6O2S+. The number of quaternary nitrogens is 1. The average Bonchev–Trinajstić information content (AvgIpc) is 2.93. The summed E-state index contributed by atoms with van der Waals surface area (Å²) in [5.74, 6) is 0.736. The van der Waals surface area contributed by atoms with E-state index in [1.54, 1.807) is 0 Å². The fourth-order valence-corrected chi connectivity index (χ4v) is 3.17. The van der Waals surface area contributed by atoms with Crippen molar-refractivity contribution in [2.24, 2.45) is 0 Å². The minimum absolute atomic E-state index is 0.128. The molecule has 0 radical (unpaired) electrons. The molecule has 0 saturated heterocycles. The van der Waals surface area contributed by atoms with Crippen molar-refractivity contribution in [3.63, 3.8) is 0 Å². The van der Waals surface area contributed by atoms with E-state index in [9.17, 15) is 9.59 Å². The number of rotatable bonds is 9. The molecule has 0 saturated carbocycles. The number of carbonyl (C=O) groups is 2. The molecule has 0 aliphatic rings. The summed E-state index contributed by atoms with van der Waals surface area (Å²) < 4.78 is 2.11. The van der Waals surface area contributed by atoms with Crippen LogP contribution in [0.5, 0.6) is 0 Å². The average molecular weight is 358 g/mol. The van der Waals surface area contributed by atoms with Crippen LogP contribution in [0, 0.1) is 0 Å². The number of unbranched alkanes of at least 4 members (excludes halogenated alkanes) is 1. The number of imide groups is 1. The predicted octanol–water partition coefficient (Wildman–Crippen LogP) is 0.222. The van der Waals surface area contributed by atoms with E-state index in [0.29, 0.717) is 0 Å². The van der Waals surface area contributed by atoms with Gasteiger partial charge < -0.3 is 14.8 Å². The number of nitrogens with one attached hydrogen (secondary N) is 3. The van der Waals surface area contributed by atoms with Gasteiger partial charge in [0, 0.05) is 20.0 Å². The molecule has 0 bridgehead atoms. The highest BCUT2D eigenvalue weighted by Gasteiger charge is 2.25. The van der Waals surface area contributed by atoms with Gasteiger partial charge >= 0.3 is 6.03 Å². The molecule has 0 aromatic carbocycles. The van der Waals surface area contributed by atoms with Gasteiger partial charge in [-0.2, -0.15) is 0 Å². The number of hydrogen-bond acceptors (Lipinski definition) is 5. The van der Waals surface area contributed by atoms with Crippen molar-refractivity contribution in [3.8, 4) is 0 Å². The van der Waals surface area contributed by atoms with E-state index < -0.39 is 6.03 Å². The van der Waals surface area contributed by atoms with Crippen LogP contribution in [-0.4, -0.2) is 53.6 Å². The van der Waals surface area contributed by atoms with Crippen molar-refractivity contribution in [3.05, 3.63) is 5.82 Å². The maximum atomic E-state index is 11.8. The number of carbonyl (C=O) groups excluding carboxylic acids is 2. The zero-order valence-corrected chi connectivity index (χ0v) is 16.0. The molecule has 0 unspecified atom stereocenters. The summed E-state index contributed by atoms with van der Waals surface area (Å²) in [5.41, 5.74) is 0. The van der Waals surface area contributed by atoms with Crippen molar-refractivity contribution in [1.29, 1.82) is 0 Å². The molecule has 0 spiro atoms. The second-order valence-electron chi connectivity index (χ2n) is 5.80. The number of thioether (sulfide) groups is 1. The molecule has 1 aromatic rings. The van der Waals surface area contributed by atoms with E-state index in [0.717, 1.165) is 36.8 Å². The Balaban J connectivity index is 2.88. The number of nitrogens with zero attached hydrogens (tertiary/aromatic N) is 3. The summed E-state index contributed by atoms with van der Waals surface area (Å²) in [5, 5.41) is 14.0. The Labute approximate surface area is 147 Å². The van der Waals surface area contributed by atoms with E-state index >= 15 is 0 Å². The summed E-state index contributed by atoms with van der Waals surface area (Å²) >= 11 is 1.31. The lowest BCUT2D eigenvalue weighted by Crippen LogP contribution is -3.06. The van der Waals surface area contributed by atoms with Crippen LogP contribution in [0.2, 0.25) is 0 Å². The molecule has 3 amide bonds. The smallest absolute Gasteiger partial charge is 0.321 e. The summed E-state index contributed by atoms with van der Waals surface area (Å²) in [7, 11) is 5.69. The number of urea groups is 1. The highest BCUT2D eigenvalue weighted by molar-refractivity contribution is 7.99. The fraction of sp³-hybridized carbons (Fsp3) is 0.733. The van der Waals surface area contributed by atoms with Gasteiger partial charge in [0.2, 0.25) is 5.91 Å². The monoisotopic (exact) mass is 357 g/mol. The molecule has 0 aliphatic heterocycles. The van der Waals surface area contributed by atoms with Crippen LogP contribution in [0.25, 0.3) is 0 Å². The first-order chi connectivity index (χ1) is 11.4. The van der Waals surface area contributed by atoms with Gasteiger partial charge in [0.15, 0.2) is 11.0 Å². The quantitative estimate of drug-likeness (QED) is 0.550. The molecule has 1 aromatic heterocycles. The zero-order valence-electron chi connectivity index (χ0n) is 15.2. The largest absolute Gasteiger partial charge is 0.341 e. The molecule has 1 heterocycles. The first-order valence-corrected chi connectivity index (χ1v) is 9.30. The highest BCUT2D eigenvalue weighted by Crippen LogP contribution is 2.21. The maximum absolute atomic E-state index is 11.8. The minimum Gasteiger partial charge on any atom is -0.341 e. The van der Waals surface area contributed by atoms with Crippen LogP contribution >= 0.6 is 11.8 Å². The van der Waals surface area contributed by atoms with Crippen molar-refractivity contribution in [2.45, 2.75) is 50.9 Å². The van der Waals surface area contributed by atoms with E-state index in [4.69, 9.17) is 0 Å². The number of aromatic nitrogens is 3. The van der Waals surface area contributed by atoms with Gasteiger partial charge in [0.1, 0.15) is 6.04 Å². The van der Waals surface area contributed by atoms with E-state index in [2.05, 4.69) is 53.3 Å². The normalized spacial score (nSPS) is 12.2. The van der Waals surface area contributed by atoms with Crippen molar-refractivity contribution in [2.75, 3.05) is 26.9 Å². The van der Waals surface area contributed by atoms with Crippen LogP contribution in [0.4, 0.5) is 4.79 Å². The summed E-state index contributed by atoms with van der Waals surface area (Å²) in [6.07, 6.45) is 3.07. The molecule has 1 atom stereocenters. The third kappa shape index (κ3) is 5.79. The lowest BCUT2D eigenvalue weighted by molar-refractivity contribution is -0.893. The fourth-order valence-electron chi connectivity index (χ4n) is 2.40. The van der Waals surface area contributed by atoms with Gasteiger partial charge in [-0.25, -0.2) is 4.79 Å². The Hall–Kier alpha value is -1.61. The Kier molecular flexibility index (Phi) is 8.77. The SMILES string of the molecule is CCCCn1c(SCC(=O)NC(=O)NC)nnc1[C@@H](CC)[NH+](C)C. The lowest BCUT2D eigenvalue weighted by Gasteiger charge is -2.20. The topological polar surface area (TPSA) is 93.4 Å². The standard InChI is InChI=1S/C15H28N6O2S/c1-6-8-9-21-13(11(7-2)20(4)5)18-19-15(21)24-10-12(22)17-14(23)16-3/h11H,6-10H2,1-5H3,(H2,16,17,22,23)/p+1/t11-/m1/s1. The van der Waals surface area contributed by atoms with Crippen molar-refractivity contribution < 1.29 is 14.5 Å². The Morgan fingerprint density at radius 1 is 1.29 bits per heavy atom. The van der Waals surface area contributed by atoms with Crippen LogP contribution in [0.3, 0.4) is 0 Å². The molecule has 24 heavy (non-hydrogen) atoms. The van der Waals surface area contributed by atoms with Crippen molar-refractivity contribution >= 4 is 23.7 Å². The third-order valence-electron chi connectivity index (χ3n) is 3.71. The van der Waals surface area contributed by atoms with E-state index in [-0.39, 0.29) is 17.7 Å². The molecule has 136 valence electrons. The first-order valence-electron chi connectivity index (χ1n) is 8.32. The third-order valence-corrected chi connectivity index (χ3v) is 4.68.